The van der Waals surface area contributed by atoms with Crippen LogP contribution < -0.4 is 0 Å². The fourth-order valence-corrected chi connectivity index (χ4v) is 5.70. The number of hydrogen-bond acceptors (Lipinski definition) is 5. The Kier molecular flexibility index (Phi) is 15.0. The van der Waals surface area contributed by atoms with Crippen LogP contribution in [0, 0.1) is 17.8 Å². The Labute approximate surface area is 276 Å². The lowest BCUT2D eigenvalue weighted by Gasteiger charge is -2.41. The second-order valence-corrected chi connectivity index (χ2v) is 12.6. The van der Waals surface area contributed by atoms with Crippen molar-refractivity contribution in [3.05, 3.63) is 144 Å². The average molecular weight is 625 g/mol. The van der Waals surface area contributed by atoms with Crippen molar-refractivity contribution in [2.45, 2.75) is 78.5 Å². The predicted octanol–water partition coefficient (Wildman–Crippen LogP) is 8.90. The predicted molar refractivity (Wildman–Crippen MR) is 185 cm³/mol. The molecule has 46 heavy (non-hydrogen) atoms. The lowest BCUT2D eigenvalue weighted by molar-refractivity contribution is -0.205. The van der Waals surface area contributed by atoms with Gasteiger partial charge in [-0.15, -0.1) is 0 Å². The second-order valence-electron chi connectivity index (χ2n) is 12.6. The number of methoxy groups -OCH3 is 1. The molecule has 0 spiro atoms. The van der Waals surface area contributed by atoms with E-state index >= 15 is 0 Å². The summed E-state index contributed by atoms with van der Waals surface area (Å²) in [5.74, 6) is 0.564. The minimum absolute atomic E-state index is 0.0112. The van der Waals surface area contributed by atoms with Gasteiger partial charge in [0.15, 0.2) is 0 Å². The SMILES string of the molecule is COC(C(C)C(C)C)C(OCc1ccccc1)C(OCc1ccccc1)C(OCc1ccccc1)C(C)COCc1ccccc1. The molecule has 0 aliphatic rings. The molecule has 0 N–H and O–H groups in total. The van der Waals surface area contributed by atoms with Gasteiger partial charge in [-0.3, -0.25) is 0 Å². The Morgan fingerprint density at radius 2 is 0.783 bits per heavy atom. The summed E-state index contributed by atoms with van der Waals surface area (Å²) in [5, 5.41) is 0. The maximum Gasteiger partial charge on any atom is 0.113 e. The largest absolute Gasteiger partial charge is 0.378 e. The molecule has 6 unspecified atom stereocenters. The Hall–Kier alpha value is -3.32. The first-order chi connectivity index (χ1) is 22.5. The zero-order valence-corrected chi connectivity index (χ0v) is 28.2. The van der Waals surface area contributed by atoms with E-state index in [0.29, 0.717) is 39.0 Å². The van der Waals surface area contributed by atoms with Gasteiger partial charge in [0.1, 0.15) is 12.2 Å². The highest BCUT2D eigenvalue weighted by atomic mass is 16.6. The van der Waals surface area contributed by atoms with Crippen LogP contribution in [-0.2, 0) is 50.1 Å². The van der Waals surface area contributed by atoms with Crippen LogP contribution in [0.4, 0.5) is 0 Å². The molecule has 0 aliphatic heterocycles. The molecule has 5 heteroatoms. The molecule has 0 fully saturated rings. The molecule has 0 saturated heterocycles. The standard InChI is InChI=1S/C41H52O5/c1-31(2)33(4)39(42-5)41(46-30-37-24-16-9-17-25-37)40(45-29-36-22-14-8-15-23-36)38(44-28-35-20-12-7-13-21-35)32(3)26-43-27-34-18-10-6-11-19-34/h6-25,31-33,38-41H,26-30H2,1-5H3. The molecule has 0 amide bonds. The van der Waals surface area contributed by atoms with Crippen molar-refractivity contribution in [3.8, 4) is 0 Å². The van der Waals surface area contributed by atoms with Crippen LogP contribution in [0.5, 0.6) is 0 Å². The van der Waals surface area contributed by atoms with Gasteiger partial charge in [-0.2, -0.15) is 0 Å². The third-order valence-electron chi connectivity index (χ3n) is 8.72. The highest BCUT2D eigenvalue weighted by Crippen LogP contribution is 2.31. The van der Waals surface area contributed by atoms with Gasteiger partial charge in [-0.25, -0.2) is 0 Å². The zero-order chi connectivity index (χ0) is 32.6. The lowest BCUT2D eigenvalue weighted by atomic mass is 9.84. The smallest absolute Gasteiger partial charge is 0.113 e. The van der Waals surface area contributed by atoms with Crippen LogP contribution in [0.1, 0.15) is 49.9 Å². The third-order valence-corrected chi connectivity index (χ3v) is 8.72. The van der Waals surface area contributed by atoms with Crippen molar-refractivity contribution in [1.29, 1.82) is 0 Å². The summed E-state index contributed by atoms with van der Waals surface area (Å²) < 4.78 is 33.3. The molecule has 246 valence electrons. The van der Waals surface area contributed by atoms with Gasteiger partial charge in [0.25, 0.3) is 0 Å². The molecule has 5 nitrogen and oxygen atoms in total. The van der Waals surface area contributed by atoms with E-state index in [0.717, 1.165) is 22.3 Å². The van der Waals surface area contributed by atoms with Crippen molar-refractivity contribution in [2.75, 3.05) is 13.7 Å². The van der Waals surface area contributed by atoms with E-state index in [1.54, 1.807) is 7.11 Å². The molecule has 0 bridgehead atoms. The minimum Gasteiger partial charge on any atom is -0.378 e. The second kappa shape index (κ2) is 19.4. The summed E-state index contributed by atoms with van der Waals surface area (Å²) in [6.07, 6.45) is -1.44. The molecular formula is C41H52O5. The van der Waals surface area contributed by atoms with Crippen molar-refractivity contribution < 1.29 is 23.7 Å². The van der Waals surface area contributed by atoms with Gasteiger partial charge in [-0.1, -0.05) is 149 Å². The quantitative estimate of drug-likeness (QED) is 0.0983. The van der Waals surface area contributed by atoms with Crippen molar-refractivity contribution in [2.24, 2.45) is 17.8 Å². The normalized spacial score (nSPS) is 15.6. The van der Waals surface area contributed by atoms with E-state index in [9.17, 15) is 0 Å². The van der Waals surface area contributed by atoms with Gasteiger partial charge < -0.3 is 23.7 Å². The maximum atomic E-state index is 6.94. The highest BCUT2D eigenvalue weighted by Gasteiger charge is 2.42. The summed E-state index contributed by atoms with van der Waals surface area (Å²) in [4.78, 5) is 0. The molecule has 4 aromatic rings. The molecule has 4 rings (SSSR count). The number of benzene rings is 4. The summed E-state index contributed by atoms with van der Waals surface area (Å²) in [6.45, 7) is 11.2. The molecule has 0 aliphatic carbocycles. The lowest BCUT2D eigenvalue weighted by Crippen LogP contribution is -2.54. The van der Waals surface area contributed by atoms with Gasteiger partial charge in [0, 0.05) is 13.0 Å². The third kappa shape index (κ3) is 11.2. The summed E-state index contributed by atoms with van der Waals surface area (Å²) in [5.41, 5.74) is 4.44. The van der Waals surface area contributed by atoms with Crippen molar-refractivity contribution >= 4 is 0 Å². The fraction of sp³-hybridized carbons (Fsp3) is 0.415. The first kappa shape index (κ1) is 35.5. The molecule has 0 heterocycles. The van der Waals surface area contributed by atoms with E-state index < -0.39 is 12.2 Å². The van der Waals surface area contributed by atoms with Crippen LogP contribution in [0.3, 0.4) is 0 Å². The van der Waals surface area contributed by atoms with Crippen LogP contribution in [-0.4, -0.2) is 38.1 Å². The monoisotopic (exact) mass is 624 g/mol. The van der Waals surface area contributed by atoms with Gasteiger partial charge in [0.05, 0.1) is 45.2 Å². The Balaban J connectivity index is 1.68. The van der Waals surface area contributed by atoms with Crippen LogP contribution in [0.15, 0.2) is 121 Å². The number of hydrogen-bond donors (Lipinski definition) is 0. The van der Waals surface area contributed by atoms with Crippen molar-refractivity contribution in [3.63, 3.8) is 0 Å². The summed E-state index contributed by atoms with van der Waals surface area (Å²) in [7, 11) is 1.78. The first-order valence-corrected chi connectivity index (χ1v) is 16.6. The van der Waals surface area contributed by atoms with E-state index in [1.165, 1.54) is 0 Å². The van der Waals surface area contributed by atoms with Crippen LogP contribution >= 0.6 is 0 Å². The Morgan fingerprint density at radius 1 is 0.435 bits per heavy atom. The average Bonchev–Trinajstić information content (AvgIpc) is 3.09. The van der Waals surface area contributed by atoms with Gasteiger partial charge in [-0.05, 0) is 34.1 Å². The number of ether oxygens (including phenoxy) is 5. The maximum absolute atomic E-state index is 6.94. The van der Waals surface area contributed by atoms with Gasteiger partial charge >= 0.3 is 0 Å². The Bertz CT molecular complexity index is 1330. The molecule has 6 atom stereocenters. The molecule has 4 aromatic carbocycles. The van der Waals surface area contributed by atoms with Crippen molar-refractivity contribution in [1.82, 2.24) is 0 Å². The van der Waals surface area contributed by atoms with E-state index in [-0.39, 0.29) is 24.0 Å². The Morgan fingerprint density at radius 3 is 1.15 bits per heavy atom. The van der Waals surface area contributed by atoms with E-state index in [2.05, 4.69) is 76.2 Å². The topological polar surface area (TPSA) is 46.2 Å². The highest BCUT2D eigenvalue weighted by molar-refractivity contribution is 5.16. The zero-order valence-electron chi connectivity index (χ0n) is 28.2. The number of rotatable bonds is 20. The van der Waals surface area contributed by atoms with Crippen LogP contribution in [0.2, 0.25) is 0 Å². The molecule has 0 radical (unpaired) electrons. The van der Waals surface area contributed by atoms with Gasteiger partial charge in [0.2, 0.25) is 0 Å². The van der Waals surface area contributed by atoms with E-state index in [1.807, 2.05) is 72.8 Å². The first-order valence-electron chi connectivity index (χ1n) is 16.6. The summed E-state index contributed by atoms with van der Waals surface area (Å²) >= 11 is 0. The molecular weight excluding hydrogens is 572 g/mol. The van der Waals surface area contributed by atoms with Crippen LogP contribution in [0.25, 0.3) is 0 Å². The summed E-state index contributed by atoms with van der Waals surface area (Å²) in [6, 6.07) is 41.1. The molecule has 0 aromatic heterocycles. The van der Waals surface area contributed by atoms with E-state index in [4.69, 9.17) is 23.7 Å². The molecule has 0 saturated carbocycles. The fourth-order valence-electron chi connectivity index (χ4n) is 5.70. The minimum atomic E-state index is -0.450.